The standard InChI is InChI=1S/C10H13Cl2N3/c1-15(2)14-10(13)6-7-3-4-8(11)9(12)5-7/h3-5H,6H2,1-2H3,(H2,13,14). The summed E-state index contributed by atoms with van der Waals surface area (Å²) in [5.41, 5.74) is 6.72. The highest BCUT2D eigenvalue weighted by Crippen LogP contribution is 2.22. The van der Waals surface area contributed by atoms with Crippen LogP contribution in [0.4, 0.5) is 0 Å². The van der Waals surface area contributed by atoms with E-state index >= 15 is 0 Å². The number of nitrogens with zero attached hydrogens (tertiary/aromatic N) is 2. The molecule has 0 fully saturated rings. The van der Waals surface area contributed by atoms with Crippen molar-refractivity contribution in [1.82, 2.24) is 5.01 Å². The number of amidine groups is 1. The van der Waals surface area contributed by atoms with Crippen molar-refractivity contribution in [3.63, 3.8) is 0 Å². The highest BCUT2D eigenvalue weighted by molar-refractivity contribution is 6.42. The van der Waals surface area contributed by atoms with E-state index in [0.29, 0.717) is 22.3 Å². The molecule has 0 unspecified atom stereocenters. The molecule has 5 heteroatoms. The van der Waals surface area contributed by atoms with E-state index in [-0.39, 0.29) is 0 Å². The van der Waals surface area contributed by atoms with Crippen LogP contribution >= 0.6 is 23.2 Å². The zero-order chi connectivity index (χ0) is 11.4. The van der Waals surface area contributed by atoms with Gasteiger partial charge in [-0.25, -0.2) is 0 Å². The monoisotopic (exact) mass is 245 g/mol. The molecule has 0 aliphatic rings. The Morgan fingerprint density at radius 1 is 1.33 bits per heavy atom. The fraction of sp³-hybridized carbons (Fsp3) is 0.300. The maximum Gasteiger partial charge on any atom is 0.124 e. The summed E-state index contributed by atoms with van der Waals surface area (Å²) in [4.78, 5) is 0. The highest BCUT2D eigenvalue weighted by atomic mass is 35.5. The van der Waals surface area contributed by atoms with Crippen LogP contribution in [0.5, 0.6) is 0 Å². The first-order valence-corrected chi connectivity index (χ1v) is 5.19. The lowest BCUT2D eigenvalue weighted by atomic mass is 10.1. The summed E-state index contributed by atoms with van der Waals surface area (Å²) >= 11 is 11.7. The maximum atomic E-state index is 5.88. The summed E-state index contributed by atoms with van der Waals surface area (Å²) in [6.07, 6.45) is 0.565. The van der Waals surface area contributed by atoms with E-state index in [2.05, 4.69) is 5.10 Å². The van der Waals surface area contributed by atoms with Gasteiger partial charge in [-0.05, 0) is 17.7 Å². The summed E-state index contributed by atoms with van der Waals surface area (Å²) in [6.45, 7) is 0. The second-order valence-corrected chi connectivity index (χ2v) is 4.18. The second-order valence-electron chi connectivity index (χ2n) is 3.36. The molecule has 0 aliphatic carbocycles. The van der Waals surface area contributed by atoms with Crippen LogP contribution in [0, 0.1) is 0 Å². The molecule has 0 bridgehead atoms. The van der Waals surface area contributed by atoms with Crippen molar-refractivity contribution in [1.29, 1.82) is 0 Å². The van der Waals surface area contributed by atoms with Gasteiger partial charge in [-0.1, -0.05) is 29.3 Å². The summed E-state index contributed by atoms with van der Waals surface area (Å²) < 4.78 is 0. The molecule has 0 saturated heterocycles. The third-order valence-corrected chi connectivity index (χ3v) is 2.44. The van der Waals surface area contributed by atoms with Gasteiger partial charge in [0.05, 0.1) is 10.0 Å². The van der Waals surface area contributed by atoms with Crippen molar-refractivity contribution in [2.24, 2.45) is 10.8 Å². The number of rotatable bonds is 3. The predicted octanol–water partition coefficient (Wildman–Crippen LogP) is 2.37. The number of hydrogen-bond acceptors (Lipinski definition) is 2. The summed E-state index contributed by atoms with van der Waals surface area (Å²) in [7, 11) is 3.64. The Kier molecular flexibility index (Phi) is 4.24. The Morgan fingerprint density at radius 2 is 2.00 bits per heavy atom. The average molecular weight is 246 g/mol. The van der Waals surface area contributed by atoms with Crippen molar-refractivity contribution < 1.29 is 0 Å². The first-order valence-electron chi connectivity index (χ1n) is 4.43. The van der Waals surface area contributed by atoms with Crippen molar-refractivity contribution in [3.05, 3.63) is 33.8 Å². The molecule has 0 aromatic heterocycles. The van der Waals surface area contributed by atoms with E-state index in [1.165, 1.54) is 0 Å². The van der Waals surface area contributed by atoms with Crippen molar-refractivity contribution in [2.75, 3.05) is 14.1 Å². The highest BCUT2D eigenvalue weighted by Gasteiger charge is 2.01. The quantitative estimate of drug-likeness (QED) is 0.505. The van der Waals surface area contributed by atoms with E-state index < -0.39 is 0 Å². The Hall–Kier alpha value is -0.930. The largest absolute Gasteiger partial charge is 0.385 e. The molecular formula is C10H13Cl2N3. The van der Waals surface area contributed by atoms with E-state index in [4.69, 9.17) is 28.9 Å². The molecule has 0 spiro atoms. The summed E-state index contributed by atoms with van der Waals surface area (Å²) in [5.74, 6) is 0.540. The number of hydrazone groups is 1. The first-order chi connectivity index (χ1) is 6.99. The van der Waals surface area contributed by atoms with Gasteiger partial charge in [0.1, 0.15) is 5.84 Å². The number of nitrogens with two attached hydrogens (primary N) is 1. The fourth-order valence-corrected chi connectivity index (χ4v) is 1.47. The smallest absolute Gasteiger partial charge is 0.124 e. The molecule has 0 amide bonds. The average Bonchev–Trinajstić information content (AvgIpc) is 2.10. The maximum absolute atomic E-state index is 5.88. The van der Waals surface area contributed by atoms with E-state index in [9.17, 15) is 0 Å². The van der Waals surface area contributed by atoms with E-state index in [0.717, 1.165) is 5.56 Å². The Balaban J connectivity index is 2.77. The molecule has 1 rings (SSSR count). The predicted molar refractivity (Wildman–Crippen MR) is 65.5 cm³/mol. The topological polar surface area (TPSA) is 41.6 Å². The minimum Gasteiger partial charge on any atom is -0.385 e. The zero-order valence-electron chi connectivity index (χ0n) is 8.67. The van der Waals surface area contributed by atoms with Crippen LogP contribution in [0.25, 0.3) is 0 Å². The molecule has 82 valence electrons. The fourth-order valence-electron chi connectivity index (χ4n) is 1.15. The second kappa shape index (κ2) is 5.24. The molecule has 0 saturated carbocycles. The van der Waals surface area contributed by atoms with Gasteiger partial charge in [0.2, 0.25) is 0 Å². The molecule has 1 aromatic rings. The number of halogens is 2. The van der Waals surface area contributed by atoms with Crippen LogP contribution in [-0.4, -0.2) is 24.9 Å². The van der Waals surface area contributed by atoms with Gasteiger partial charge in [-0.2, -0.15) is 5.10 Å². The molecule has 0 radical (unpaired) electrons. The molecule has 15 heavy (non-hydrogen) atoms. The van der Waals surface area contributed by atoms with Gasteiger partial charge in [0.15, 0.2) is 0 Å². The molecule has 2 N–H and O–H groups in total. The van der Waals surface area contributed by atoms with Crippen molar-refractivity contribution in [3.8, 4) is 0 Å². The third-order valence-electron chi connectivity index (χ3n) is 1.70. The summed E-state index contributed by atoms with van der Waals surface area (Å²) in [6, 6.07) is 5.43. The summed E-state index contributed by atoms with van der Waals surface area (Å²) in [5, 5.41) is 6.82. The molecular weight excluding hydrogens is 233 g/mol. The molecule has 0 heterocycles. The Bertz CT molecular complexity index is 375. The van der Waals surface area contributed by atoms with Gasteiger partial charge in [0, 0.05) is 20.5 Å². The molecule has 0 atom stereocenters. The molecule has 0 aliphatic heterocycles. The lowest BCUT2D eigenvalue weighted by molar-refractivity contribution is 0.436. The first kappa shape index (κ1) is 12.1. The van der Waals surface area contributed by atoms with Crippen LogP contribution in [0.3, 0.4) is 0 Å². The van der Waals surface area contributed by atoms with Crippen LogP contribution in [0.1, 0.15) is 5.56 Å². The molecule has 3 nitrogen and oxygen atoms in total. The van der Waals surface area contributed by atoms with Crippen LogP contribution in [0.2, 0.25) is 10.0 Å². The van der Waals surface area contributed by atoms with E-state index in [1.54, 1.807) is 17.1 Å². The van der Waals surface area contributed by atoms with E-state index in [1.807, 2.05) is 20.2 Å². The number of hydrogen-bond donors (Lipinski definition) is 1. The van der Waals surface area contributed by atoms with Crippen molar-refractivity contribution in [2.45, 2.75) is 6.42 Å². The Labute approximate surface area is 99.5 Å². The van der Waals surface area contributed by atoms with Crippen molar-refractivity contribution >= 4 is 29.0 Å². The minimum absolute atomic E-state index is 0.534. The lowest BCUT2D eigenvalue weighted by Gasteiger charge is -2.07. The van der Waals surface area contributed by atoms with Gasteiger partial charge in [-0.15, -0.1) is 0 Å². The van der Waals surface area contributed by atoms with Crippen LogP contribution in [-0.2, 0) is 6.42 Å². The normalized spacial score (nSPS) is 11.6. The van der Waals surface area contributed by atoms with Gasteiger partial charge < -0.3 is 10.7 Å². The number of benzene rings is 1. The van der Waals surface area contributed by atoms with Gasteiger partial charge in [0.25, 0.3) is 0 Å². The zero-order valence-corrected chi connectivity index (χ0v) is 10.2. The Morgan fingerprint density at radius 3 is 2.53 bits per heavy atom. The van der Waals surface area contributed by atoms with Crippen LogP contribution in [0.15, 0.2) is 23.3 Å². The molecule has 1 aromatic carbocycles. The SMILES string of the molecule is CN(C)/N=C(\N)Cc1ccc(Cl)c(Cl)c1. The lowest BCUT2D eigenvalue weighted by Crippen LogP contribution is -2.19. The third kappa shape index (κ3) is 3.98. The van der Waals surface area contributed by atoms with Gasteiger partial charge >= 0.3 is 0 Å². The van der Waals surface area contributed by atoms with Crippen LogP contribution < -0.4 is 5.73 Å². The van der Waals surface area contributed by atoms with Gasteiger partial charge in [-0.3, -0.25) is 0 Å². The minimum atomic E-state index is 0.534.